The molecule has 72 valence electrons. The van der Waals surface area contributed by atoms with Gasteiger partial charge in [-0.15, -0.1) is 0 Å². The predicted molar refractivity (Wildman–Crippen MR) is 45.9 cm³/mol. The molecule has 2 fully saturated rings. The minimum absolute atomic E-state index is 0.247. The van der Waals surface area contributed by atoms with Crippen LogP contribution in [0.4, 0.5) is 0 Å². The fourth-order valence-corrected chi connectivity index (χ4v) is 3.00. The van der Waals surface area contributed by atoms with E-state index in [4.69, 9.17) is 9.47 Å². The van der Waals surface area contributed by atoms with Crippen molar-refractivity contribution in [2.75, 3.05) is 19.8 Å². The lowest BCUT2D eigenvalue weighted by atomic mass is 9.96. The van der Waals surface area contributed by atoms with Gasteiger partial charge in [-0.1, -0.05) is 12.2 Å². The first kappa shape index (κ1) is 7.97. The SMILES string of the molecule is OC[C@H]1[C@@H]2C=C[C@H]1C1(C2)OCCO1. The zero-order chi connectivity index (χ0) is 8.89. The number of ether oxygens (including phenoxy) is 2. The van der Waals surface area contributed by atoms with Crippen LogP contribution in [0.2, 0.25) is 0 Å². The van der Waals surface area contributed by atoms with Crippen LogP contribution in [-0.4, -0.2) is 30.7 Å². The van der Waals surface area contributed by atoms with E-state index in [1.807, 2.05) is 0 Å². The third-order valence-electron chi connectivity index (χ3n) is 3.59. The van der Waals surface area contributed by atoms with Crippen molar-refractivity contribution in [3.05, 3.63) is 12.2 Å². The maximum absolute atomic E-state index is 9.24. The zero-order valence-corrected chi connectivity index (χ0v) is 7.48. The standard InChI is InChI=1S/C10H14O3/c11-6-8-7-1-2-9(8)10(5-7)12-3-4-13-10/h1-2,7-9,11H,3-6H2/t7-,8+,9-/m1/s1. The number of hydrogen-bond donors (Lipinski definition) is 1. The molecule has 0 unspecified atom stereocenters. The third kappa shape index (κ3) is 0.897. The highest BCUT2D eigenvalue weighted by atomic mass is 16.7. The summed E-state index contributed by atoms with van der Waals surface area (Å²) in [7, 11) is 0. The second kappa shape index (κ2) is 2.56. The molecular formula is C10H14O3. The highest BCUT2D eigenvalue weighted by Gasteiger charge is 2.57. The molecule has 1 aliphatic heterocycles. The number of rotatable bonds is 1. The first-order valence-electron chi connectivity index (χ1n) is 4.93. The van der Waals surface area contributed by atoms with Crippen molar-refractivity contribution in [2.45, 2.75) is 12.2 Å². The monoisotopic (exact) mass is 182 g/mol. The van der Waals surface area contributed by atoms with Crippen LogP contribution in [0.15, 0.2) is 12.2 Å². The van der Waals surface area contributed by atoms with Crippen LogP contribution in [0.5, 0.6) is 0 Å². The van der Waals surface area contributed by atoms with Crippen LogP contribution in [0, 0.1) is 17.8 Å². The Morgan fingerprint density at radius 3 is 2.69 bits per heavy atom. The van der Waals surface area contributed by atoms with Gasteiger partial charge in [-0.3, -0.25) is 0 Å². The van der Waals surface area contributed by atoms with E-state index >= 15 is 0 Å². The molecule has 3 nitrogen and oxygen atoms in total. The fraction of sp³-hybridized carbons (Fsp3) is 0.800. The average Bonchev–Trinajstić information content (AvgIpc) is 2.79. The lowest BCUT2D eigenvalue weighted by molar-refractivity contribution is -0.177. The van der Waals surface area contributed by atoms with Gasteiger partial charge < -0.3 is 14.6 Å². The molecule has 2 bridgehead atoms. The van der Waals surface area contributed by atoms with E-state index in [2.05, 4.69) is 12.2 Å². The highest BCUT2D eigenvalue weighted by molar-refractivity contribution is 5.18. The summed E-state index contributed by atoms with van der Waals surface area (Å²) in [6, 6.07) is 0. The molecule has 0 aromatic carbocycles. The van der Waals surface area contributed by atoms with Gasteiger partial charge in [-0.2, -0.15) is 0 Å². The number of aliphatic hydroxyl groups is 1. The largest absolute Gasteiger partial charge is 0.396 e. The summed E-state index contributed by atoms with van der Waals surface area (Å²) in [6.07, 6.45) is 5.28. The van der Waals surface area contributed by atoms with Gasteiger partial charge >= 0.3 is 0 Å². The van der Waals surface area contributed by atoms with Crippen molar-refractivity contribution < 1.29 is 14.6 Å². The van der Waals surface area contributed by atoms with Gasteiger partial charge in [0, 0.05) is 18.9 Å². The van der Waals surface area contributed by atoms with Crippen LogP contribution >= 0.6 is 0 Å². The summed E-state index contributed by atoms with van der Waals surface area (Å²) < 4.78 is 11.4. The van der Waals surface area contributed by atoms with E-state index in [9.17, 15) is 5.11 Å². The Bertz CT molecular complexity index is 243. The van der Waals surface area contributed by atoms with Crippen LogP contribution in [0.1, 0.15) is 6.42 Å². The molecule has 0 aromatic rings. The van der Waals surface area contributed by atoms with Crippen molar-refractivity contribution in [2.24, 2.45) is 17.8 Å². The van der Waals surface area contributed by atoms with Crippen LogP contribution in [0.25, 0.3) is 0 Å². The Morgan fingerprint density at radius 1 is 1.31 bits per heavy atom. The molecule has 3 aliphatic rings. The molecule has 13 heavy (non-hydrogen) atoms. The minimum atomic E-state index is -0.368. The summed E-state index contributed by atoms with van der Waals surface area (Å²) in [5.41, 5.74) is 0. The van der Waals surface area contributed by atoms with Gasteiger partial charge in [0.15, 0.2) is 5.79 Å². The first-order chi connectivity index (χ1) is 6.36. The maximum atomic E-state index is 9.24. The summed E-state index contributed by atoms with van der Waals surface area (Å²) in [5.74, 6) is 0.712. The van der Waals surface area contributed by atoms with E-state index in [-0.39, 0.29) is 18.3 Å². The van der Waals surface area contributed by atoms with E-state index in [1.165, 1.54) is 0 Å². The Morgan fingerprint density at radius 2 is 2.08 bits per heavy atom. The summed E-state index contributed by atoms with van der Waals surface area (Å²) in [5, 5.41) is 9.24. The quantitative estimate of drug-likeness (QED) is 0.602. The van der Waals surface area contributed by atoms with E-state index < -0.39 is 0 Å². The van der Waals surface area contributed by atoms with E-state index in [0.717, 1.165) is 6.42 Å². The van der Waals surface area contributed by atoms with Crippen LogP contribution in [0.3, 0.4) is 0 Å². The Balaban J connectivity index is 1.91. The molecule has 1 N–H and O–H groups in total. The molecule has 2 aliphatic carbocycles. The van der Waals surface area contributed by atoms with Crippen molar-refractivity contribution in [3.63, 3.8) is 0 Å². The van der Waals surface area contributed by atoms with Crippen molar-refractivity contribution in [3.8, 4) is 0 Å². The van der Waals surface area contributed by atoms with Gasteiger partial charge in [-0.05, 0) is 11.8 Å². The lowest BCUT2D eigenvalue weighted by Gasteiger charge is -2.29. The Labute approximate surface area is 77.3 Å². The topological polar surface area (TPSA) is 38.7 Å². The molecular weight excluding hydrogens is 168 g/mol. The zero-order valence-electron chi connectivity index (χ0n) is 7.48. The van der Waals surface area contributed by atoms with Crippen molar-refractivity contribution in [1.29, 1.82) is 0 Å². The second-order valence-electron chi connectivity index (χ2n) is 4.13. The molecule has 1 saturated heterocycles. The Hall–Kier alpha value is -0.380. The normalized spacial score (nSPS) is 45.2. The third-order valence-corrected chi connectivity index (χ3v) is 3.59. The number of allylic oxidation sites excluding steroid dienone is 1. The number of hydrogen-bond acceptors (Lipinski definition) is 3. The molecule has 1 heterocycles. The maximum Gasteiger partial charge on any atom is 0.175 e. The minimum Gasteiger partial charge on any atom is -0.396 e. The Kier molecular flexibility index (Phi) is 1.57. The van der Waals surface area contributed by atoms with Crippen molar-refractivity contribution >= 4 is 0 Å². The molecule has 0 radical (unpaired) electrons. The number of aliphatic hydroxyl groups excluding tert-OH is 1. The molecule has 3 heteroatoms. The van der Waals surface area contributed by atoms with Gasteiger partial charge in [0.05, 0.1) is 13.2 Å². The predicted octanol–water partition coefficient (Wildman–Crippen LogP) is 0.544. The number of fused-ring (bicyclic) bond motifs is 3. The molecule has 0 aromatic heterocycles. The van der Waals surface area contributed by atoms with Crippen molar-refractivity contribution in [1.82, 2.24) is 0 Å². The summed E-state index contributed by atoms with van der Waals surface area (Å²) in [4.78, 5) is 0. The van der Waals surface area contributed by atoms with Crippen LogP contribution in [-0.2, 0) is 9.47 Å². The second-order valence-corrected chi connectivity index (χ2v) is 4.13. The van der Waals surface area contributed by atoms with Crippen LogP contribution < -0.4 is 0 Å². The lowest BCUT2D eigenvalue weighted by Crippen LogP contribution is -2.36. The van der Waals surface area contributed by atoms with Gasteiger partial charge in [0.25, 0.3) is 0 Å². The van der Waals surface area contributed by atoms with E-state index in [0.29, 0.717) is 25.0 Å². The molecule has 3 atom stereocenters. The van der Waals surface area contributed by atoms with Gasteiger partial charge in [0.1, 0.15) is 0 Å². The average molecular weight is 182 g/mol. The summed E-state index contributed by atoms with van der Waals surface area (Å²) >= 11 is 0. The molecule has 1 spiro atoms. The molecule has 0 amide bonds. The van der Waals surface area contributed by atoms with Gasteiger partial charge in [-0.25, -0.2) is 0 Å². The smallest absolute Gasteiger partial charge is 0.175 e. The molecule has 1 saturated carbocycles. The van der Waals surface area contributed by atoms with Gasteiger partial charge in [0.2, 0.25) is 0 Å². The first-order valence-corrected chi connectivity index (χ1v) is 4.93. The fourth-order valence-electron chi connectivity index (χ4n) is 3.00. The molecule has 3 rings (SSSR count). The highest BCUT2D eigenvalue weighted by Crippen LogP contribution is 2.53. The summed E-state index contributed by atoms with van der Waals surface area (Å²) in [6.45, 7) is 1.65. The van der Waals surface area contributed by atoms with E-state index in [1.54, 1.807) is 0 Å².